The van der Waals surface area contributed by atoms with Crippen molar-refractivity contribution >= 4 is 11.9 Å². The molecule has 0 aliphatic carbocycles. The normalized spacial score (nSPS) is 20.0. The minimum absolute atomic E-state index is 0.118. The molecular formula is C14H24N2O4. The first-order valence-electron chi connectivity index (χ1n) is 6.78. The molecule has 6 nitrogen and oxygen atoms in total. The van der Waals surface area contributed by atoms with E-state index in [1.807, 2.05) is 11.8 Å². The van der Waals surface area contributed by atoms with Crippen molar-refractivity contribution in [3.05, 3.63) is 11.8 Å². The molecule has 0 saturated carbocycles. The zero-order valence-corrected chi connectivity index (χ0v) is 12.7. The summed E-state index contributed by atoms with van der Waals surface area (Å²) in [5, 5.41) is 0. The molecular weight excluding hydrogens is 260 g/mol. The second-order valence-electron chi connectivity index (χ2n) is 4.98. The first kappa shape index (κ1) is 16.5. The van der Waals surface area contributed by atoms with Crippen LogP contribution in [0.5, 0.6) is 0 Å². The third kappa shape index (κ3) is 4.52. The fourth-order valence-corrected chi connectivity index (χ4v) is 2.29. The van der Waals surface area contributed by atoms with Crippen LogP contribution < -0.4 is 0 Å². The van der Waals surface area contributed by atoms with Crippen LogP contribution in [0.3, 0.4) is 0 Å². The number of piperazine rings is 1. The van der Waals surface area contributed by atoms with Gasteiger partial charge in [-0.15, -0.1) is 0 Å². The van der Waals surface area contributed by atoms with E-state index in [2.05, 4.69) is 9.64 Å². The van der Waals surface area contributed by atoms with E-state index in [1.165, 1.54) is 7.11 Å². The van der Waals surface area contributed by atoms with Gasteiger partial charge in [-0.3, -0.25) is 4.79 Å². The van der Waals surface area contributed by atoms with Gasteiger partial charge in [0.05, 0.1) is 20.1 Å². The fraction of sp³-hybridized carbons (Fsp3) is 0.714. The summed E-state index contributed by atoms with van der Waals surface area (Å²) in [7, 11) is 2.96. The number of hydrogen-bond donors (Lipinski definition) is 0. The molecule has 1 aliphatic rings. The summed E-state index contributed by atoms with van der Waals surface area (Å²) in [5.41, 5.74) is 0.568. The molecule has 0 aromatic heterocycles. The molecule has 0 aromatic rings. The quantitative estimate of drug-likeness (QED) is 0.547. The lowest BCUT2D eigenvalue weighted by molar-refractivity contribution is -0.137. The Kier molecular flexibility index (Phi) is 6.51. The number of rotatable bonds is 5. The topological polar surface area (TPSA) is 59.1 Å². The third-order valence-electron chi connectivity index (χ3n) is 3.38. The van der Waals surface area contributed by atoms with Crippen LogP contribution in [0, 0.1) is 0 Å². The van der Waals surface area contributed by atoms with Crippen LogP contribution in [0.25, 0.3) is 0 Å². The van der Waals surface area contributed by atoms with Crippen molar-refractivity contribution in [2.24, 2.45) is 0 Å². The van der Waals surface area contributed by atoms with Crippen LogP contribution in [0.2, 0.25) is 0 Å². The van der Waals surface area contributed by atoms with E-state index in [0.29, 0.717) is 31.7 Å². The highest BCUT2D eigenvalue weighted by atomic mass is 16.5. The summed E-state index contributed by atoms with van der Waals surface area (Å²) in [4.78, 5) is 27.3. The number of nitrogens with zero attached hydrogens (tertiary/aromatic N) is 2. The monoisotopic (exact) mass is 284 g/mol. The van der Waals surface area contributed by atoms with Crippen LogP contribution in [0.4, 0.5) is 0 Å². The molecule has 114 valence electrons. The van der Waals surface area contributed by atoms with E-state index in [9.17, 15) is 9.59 Å². The lowest BCUT2D eigenvalue weighted by Crippen LogP contribution is -2.52. The summed E-state index contributed by atoms with van der Waals surface area (Å²) in [6.07, 6.45) is 2.22. The molecule has 0 N–H and O–H groups in total. The van der Waals surface area contributed by atoms with Crippen molar-refractivity contribution in [3.8, 4) is 0 Å². The molecule has 1 amide bonds. The Balaban J connectivity index is 2.55. The number of methoxy groups -OCH3 is 2. The van der Waals surface area contributed by atoms with Crippen molar-refractivity contribution in [3.63, 3.8) is 0 Å². The van der Waals surface area contributed by atoms with Gasteiger partial charge < -0.3 is 19.3 Å². The Labute approximate surface area is 120 Å². The Hall–Kier alpha value is -1.56. The molecule has 0 bridgehead atoms. The predicted octanol–water partition coefficient (Wildman–Crippen LogP) is 0.632. The van der Waals surface area contributed by atoms with Crippen molar-refractivity contribution in [2.45, 2.75) is 26.3 Å². The number of esters is 1. The molecule has 1 aliphatic heterocycles. The highest BCUT2D eigenvalue weighted by molar-refractivity contribution is 5.87. The average molecular weight is 284 g/mol. The molecule has 0 unspecified atom stereocenters. The highest BCUT2D eigenvalue weighted by Crippen LogP contribution is 2.13. The lowest BCUT2D eigenvalue weighted by Gasteiger charge is -2.39. The van der Waals surface area contributed by atoms with Gasteiger partial charge in [0, 0.05) is 44.6 Å². The van der Waals surface area contributed by atoms with Crippen LogP contribution in [-0.4, -0.2) is 68.2 Å². The van der Waals surface area contributed by atoms with Crippen molar-refractivity contribution in [2.75, 3.05) is 40.5 Å². The van der Waals surface area contributed by atoms with Crippen LogP contribution >= 0.6 is 0 Å². The Morgan fingerprint density at radius 1 is 1.30 bits per heavy atom. The van der Waals surface area contributed by atoms with E-state index in [-0.39, 0.29) is 17.9 Å². The minimum atomic E-state index is -0.323. The van der Waals surface area contributed by atoms with Crippen LogP contribution in [0.15, 0.2) is 11.8 Å². The summed E-state index contributed by atoms with van der Waals surface area (Å²) in [6.45, 7) is 6.29. The Morgan fingerprint density at radius 3 is 2.55 bits per heavy atom. The van der Waals surface area contributed by atoms with Gasteiger partial charge in [0.25, 0.3) is 0 Å². The molecule has 1 rings (SSSR count). The molecule has 20 heavy (non-hydrogen) atoms. The van der Waals surface area contributed by atoms with Gasteiger partial charge in [-0.25, -0.2) is 4.79 Å². The van der Waals surface area contributed by atoms with Gasteiger partial charge in [0.15, 0.2) is 0 Å². The van der Waals surface area contributed by atoms with E-state index in [1.54, 1.807) is 20.2 Å². The van der Waals surface area contributed by atoms with Crippen molar-refractivity contribution < 1.29 is 19.1 Å². The van der Waals surface area contributed by atoms with Gasteiger partial charge in [-0.1, -0.05) is 0 Å². The van der Waals surface area contributed by atoms with Gasteiger partial charge >= 0.3 is 5.97 Å². The lowest BCUT2D eigenvalue weighted by atomic mass is 10.1. The third-order valence-corrected chi connectivity index (χ3v) is 3.38. The van der Waals surface area contributed by atoms with E-state index >= 15 is 0 Å². The molecule has 1 atom stereocenters. The highest BCUT2D eigenvalue weighted by Gasteiger charge is 2.26. The van der Waals surface area contributed by atoms with Crippen molar-refractivity contribution in [1.29, 1.82) is 0 Å². The average Bonchev–Trinajstić information content (AvgIpc) is 2.43. The van der Waals surface area contributed by atoms with Gasteiger partial charge in [0.1, 0.15) is 0 Å². The summed E-state index contributed by atoms with van der Waals surface area (Å²) in [5.74, 6) is -0.205. The van der Waals surface area contributed by atoms with Gasteiger partial charge in [0.2, 0.25) is 5.91 Å². The number of amides is 1. The van der Waals surface area contributed by atoms with E-state index in [4.69, 9.17) is 4.74 Å². The number of ether oxygens (including phenoxy) is 2. The largest absolute Gasteiger partial charge is 0.466 e. The van der Waals surface area contributed by atoms with Gasteiger partial charge in [-0.05, 0) is 13.8 Å². The molecule has 6 heteroatoms. The maximum absolute atomic E-state index is 12.0. The summed E-state index contributed by atoms with van der Waals surface area (Å²) < 4.78 is 9.60. The molecule has 1 heterocycles. The molecule has 1 fully saturated rings. The second-order valence-corrected chi connectivity index (χ2v) is 4.98. The SMILES string of the molecule is COCCC(=O)N1CCN(/C=C(/C)C(=O)OC)C[C@H]1C. The molecule has 1 saturated heterocycles. The first-order valence-corrected chi connectivity index (χ1v) is 6.78. The first-order chi connectivity index (χ1) is 9.49. The zero-order valence-electron chi connectivity index (χ0n) is 12.7. The predicted molar refractivity (Wildman–Crippen MR) is 75.0 cm³/mol. The van der Waals surface area contributed by atoms with Gasteiger partial charge in [-0.2, -0.15) is 0 Å². The zero-order chi connectivity index (χ0) is 15.1. The number of hydrogen-bond acceptors (Lipinski definition) is 5. The summed E-state index contributed by atoms with van der Waals surface area (Å²) in [6, 6.07) is 0.120. The summed E-state index contributed by atoms with van der Waals surface area (Å²) >= 11 is 0. The van der Waals surface area contributed by atoms with E-state index in [0.717, 1.165) is 6.54 Å². The molecule has 0 aromatic carbocycles. The van der Waals surface area contributed by atoms with E-state index < -0.39 is 0 Å². The van der Waals surface area contributed by atoms with Crippen LogP contribution in [-0.2, 0) is 19.1 Å². The fourth-order valence-electron chi connectivity index (χ4n) is 2.29. The number of carbonyl (C=O) groups excluding carboxylic acids is 2. The Morgan fingerprint density at radius 2 is 2.00 bits per heavy atom. The molecule has 0 spiro atoms. The molecule has 0 radical (unpaired) electrons. The number of carbonyl (C=O) groups is 2. The maximum atomic E-state index is 12.0. The van der Waals surface area contributed by atoms with Crippen LogP contribution in [0.1, 0.15) is 20.3 Å². The van der Waals surface area contributed by atoms with Crippen molar-refractivity contribution in [1.82, 2.24) is 9.80 Å². The second kappa shape index (κ2) is 7.89. The standard InChI is InChI=1S/C14H24N2O4/c1-11(14(18)20-4)9-15-6-7-16(12(2)10-15)13(17)5-8-19-3/h9,12H,5-8,10H2,1-4H3/b11-9-/t12-/m1/s1. The Bertz CT molecular complexity index is 381. The maximum Gasteiger partial charge on any atom is 0.334 e. The minimum Gasteiger partial charge on any atom is -0.466 e. The smallest absolute Gasteiger partial charge is 0.334 e.